The smallest absolute Gasteiger partial charge is 0.0597 e. The Bertz CT molecular complexity index is 534. The molecule has 1 heterocycles. The van der Waals surface area contributed by atoms with E-state index in [0.717, 1.165) is 25.3 Å². The van der Waals surface area contributed by atoms with E-state index in [1.165, 1.54) is 16.9 Å². The van der Waals surface area contributed by atoms with Gasteiger partial charge in [0, 0.05) is 19.8 Å². The lowest BCUT2D eigenvalue weighted by Crippen LogP contribution is -2.07. The maximum absolute atomic E-state index is 5.14. The summed E-state index contributed by atoms with van der Waals surface area (Å²) in [5.74, 6) is 0. The van der Waals surface area contributed by atoms with Crippen LogP contribution in [0.25, 0.3) is 0 Å². The molecule has 4 nitrogen and oxygen atoms in total. The monoisotopic (exact) mass is 259 g/mol. The van der Waals surface area contributed by atoms with E-state index in [4.69, 9.17) is 4.74 Å². The molecule has 4 heteroatoms. The number of aryl methyl sites for hydroxylation is 2. The van der Waals surface area contributed by atoms with Crippen molar-refractivity contribution in [2.45, 2.75) is 19.9 Å². The van der Waals surface area contributed by atoms with E-state index in [-0.39, 0.29) is 0 Å². The van der Waals surface area contributed by atoms with Crippen molar-refractivity contribution >= 4 is 5.69 Å². The van der Waals surface area contributed by atoms with Gasteiger partial charge in [-0.1, -0.05) is 18.2 Å². The fraction of sp³-hybridized carbons (Fsp3) is 0.400. The number of methoxy groups -OCH3 is 1. The van der Waals surface area contributed by atoms with Crippen molar-refractivity contribution in [1.82, 2.24) is 9.78 Å². The molecule has 0 spiro atoms. The van der Waals surface area contributed by atoms with Crippen LogP contribution >= 0.6 is 0 Å². The zero-order chi connectivity index (χ0) is 13.7. The predicted octanol–water partition coefficient (Wildman–Crippen LogP) is 2.53. The molecule has 0 saturated heterocycles. The van der Waals surface area contributed by atoms with Gasteiger partial charge in [0.15, 0.2) is 0 Å². The highest BCUT2D eigenvalue weighted by atomic mass is 16.5. The number of aromatic nitrogens is 2. The second kappa shape index (κ2) is 6.38. The van der Waals surface area contributed by atoms with Crippen LogP contribution in [0.1, 0.15) is 17.0 Å². The Morgan fingerprint density at radius 1 is 1.32 bits per heavy atom. The van der Waals surface area contributed by atoms with E-state index in [1.54, 1.807) is 7.11 Å². The third-order valence-corrected chi connectivity index (χ3v) is 3.15. The predicted molar refractivity (Wildman–Crippen MR) is 77.3 cm³/mol. The standard InChI is InChI=1S/C15H21N3O/c1-12-10-14(18(2)17-12)11-16-15-7-5-4-6-13(15)8-9-19-3/h4-7,10,16H,8-9,11H2,1-3H3. The molecule has 0 saturated carbocycles. The van der Waals surface area contributed by atoms with Crippen molar-refractivity contribution in [2.24, 2.45) is 7.05 Å². The summed E-state index contributed by atoms with van der Waals surface area (Å²) < 4.78 is 7.06. The zero-order valence-corrected chi connectivity index (χ0v) is 11.8. The Hall–Kier alpha value is -1.81. The average molecular weight is 259 g/mol. The maximum Gasteiger partial charge on any atom is 0.0597 e. The molecule has 0 atom stereocenters. The third kappa shape index (κ3) is 3.58. The fourth-order valence-corrected chi connectivity index (χ4v) is 2.14. The summed E-state index contributed by atoms with van der Waals surface area (Å²) >= 11 is 0. The highest BCUT2D eigenvalue weighted by Crippen LogP contribution is 2.17. The second-order valence-electron chi connectivity index (χ2n) is 4.65. The zero-order valence-electron chi connectivity index (χ0n) is 11.8. The van der Waals surface area contributed by atoms with Gasteiger partial charge in [0.05, 0.1) is 24.5 Å². The first-order valence-corrected chi connectivity index (χ1v) is 6.51. The van der Waals surface area contributed by atoms with Crippen molar-refractivity contribution in [2.75, 3.05) is 19.0 Å². The minimum Gasteiger partial charge on any atom is -0.384 e. The summed E-state index contributed by atoms with van der Waals surface area (Å²) in [6.07, 6.45) is 0.921. The Morgan fingerprint density at radius 3 is 2.79 bits per heavy atom. The van der Waals surface area contributed by atoms with Crippen LogP contribution in [0.4, 0.5) is 5.69 Å². The Kier molecular flexibility index (Phi) is 4.58. The molecule has 1 aromatic heterocycles. The van der Waals surface area contributed by atoms with Crippen LogP contribution in [0.5, 0.6) is 0 Å². The molecule has 0 aliphatic heterocycles. The topological polar surface area (TPSA) is 39.1 Å². The van der Waals surface area contributed by atoms with Gasteiger partial charge in [0.2, 0.25) is 0 Å². The van der Waals surface area contributed by atoms with Crippen molar-refractivity contribution in [1.29, 1.82) is 0 Å². The first kappa shape index (κ1) is 13.6. The number of hydrogen-bond donors (Lipinski definition) is 1. The summed E-state index contributed by atoms with van der Waals surface area (Å²) in [7, 11) is 3.70. The summed E-state index contributed by atoms with van der Waals surface area (Å²) in [6, 6.07) is 10.5. The molecule has 0 amide bonds. The number of benzene rings is 1. The van der Waals surface area contributed by atoms with E-state index in [2.05, 4.69) is 34.7 Å². The van der Waals surface area contributed by atoms with Gasteiger partial charge in [0.25, 0.3) is 0 Å². The molecule has 1 aromatic carbocycles. The highest BCUT2D eigenvalue weighted by molar-refractivity contribution is 5.51. The molecule has 2 aromatic rings. The molecule has 0 aliphatic carbocycles. The van der Waals surface area contributed by atoms with E-state index >= 15 is 0 Å². The fourth-order valence-electron chi connectivity index (χ4n) is 2.14. The molecular weight excluding hydrogens is 238 g/mol. The normalized spacial score (nSPS) is 10.7. The number of nitrogens with one attached hydrogen (secondary N) is 1. The van der Waals surface area contributed by atoms with Gasteiger partial charge in [-0.15, -0.1) is 0 Å². The van der Waals surface area contributed by atoms with Crippen LogP contribution in [0.3, 0.4) is 0 Å². The number of anilines is 1. The van der Waals surface area contributed by atoms with Gasteiger partial charge in [-0.05, 0) is 31.0 Å². The molecule has 0 unspecified atom stereocenters. The van der Waals surface area contributed by atoms with Gasteiger partial charge in [0.1, 0.15) is 0 Å². The lowest BCUT2D eigenvalue weighted by atomic mass is 10.1. The van der Waals surface area contributed by atoms with Crippen LogP contribution in [0.15, 0.2) is 30.3 Å². The Balaban J connectivity index is 2.04. The summed E-state index contributed by atoms with van der Waals surface area (Å²) in [4.78, 5) is 0. The summed E-state index contributed by atoms with van der Waals surface area (Å²) in [5.41, 5.74) is 4.67. The van der Waals surface area contributed by atoms with Crippen LogP contribution in [0.2, 0.25) is 0 Å². The lowest BCUT2D eigenvalue weighted by molar-refractivity contribution is 0.202. The van der Waals surface area contributed by atoms with E-state index < -0.39 is 0 Å². The van der Waals surface area contributed by atoms with Gasteiger partial charge < -0.3 is 10.1 Å². The van der Waals surface area contributed by atoms with Crippen LogP contribution in [-0.2, 0) is 24.8 Å². The quantitative estimate of drug-likeness (QED) is 0.866. The van der Waals surface area contributed by atoms with Crippen molar-refractivity contribution < 1.29 is 4.74 Å². The largest absolute Gasteiger partial charge is 0.384 e. The molecule has 0 radical (unpaired) electrons. The molecule has 2 rings (SSSR count). The van der Waals surface area contributed by atoms with Crippen molar-refractivity contribution in [3.8, 4) is 0 Å². The molecule has 0 bridgehead atoms. The Morgan fingerprint density at radius 2 is 2.11 bits per heavy atom. The lowest BCUT2D eigenvalue weighted by Gasteiger charge is -2.11. The average Bonchev–Trinajstić information content (AvgIpc) is 2.73. The van der Waals surface area contributed by atoms with E-state index in [9.17, 15) is 0 Å². The minimum atomic E-state index is 0.740. The number of nitrogens with zero attached hydrogens (tertiary/aromatic N) is 2. The van der Waals surface area contributed by atoms with Crippen molar-refractivity contribution in [3.63, 3.8) is 0 Å². The molecular formula is C15H21N3O. The number of hydrogen-bond acceptors (Lipinski definition) is 3. The summed E-state index contributed by atoms with van der Waals surface area (Å²) in [6.45, 7) is 3.53. The molecule has 0 fully saturated rings. The van der Waals surface area contributed by atoms with Gasteiger partial charge >= 0.3 is 0 Å². The second-order valence-corrected chi connectivity index (χ2v) is 4.65. The molecule has 102 valence electrons. The molecule has 19 heavy (non-hydrogen) atoms. The first-order chi connectivity index (χ1) is 9.20. The van der Waals surface area contributed by atoms with E-state index in [0.29, 0.717) is 0 Å². The minimum absolute atomic E-state index is 0.740. The van der Waals surface area contributed by atoms with Gasteiger partial charge in [-0.3, -0.25) is 4.68 Å². The third-order valence-electron chi connectivity index (χ3n) is 3.15. The van der Waals surface area contributed by atoms with E-state index in [1.807, 2.05) is 24.7 Å². The number of ether oxygens (including phenoxy) is 1. The molecule has 0 aliphatic rings. The highest BCUT2D eigenvalue weighted by Gasteiger charge is 2.04. The molecule has 1 N–H and O–H groups in total. The SMILES string of the molecule is COCCc1ccccc1NCc1cc(C)nn1C. The van der Waals surface area contributed by atoms with Gasteiger partial charge in [-0.25, -0.2) is 0 Å². The van der Waals surface area contributed by atoms with Crippen molar-refractivity contribution in [3.05, 3.63) is 47.3 Å². The number of para-hydroxylation sites is 1. The first-order valence-electron chi connectivity index (χ1n) is 6.51. The van der Waals surface area contributed by atoms with Crippen LogP contribution in [-0.4, -0.2) is 23.5 Å². The number of rotatable bonds is 6. The maximum atomic E-state index is 5.14. The summed E-state index contributed by atoms with van der Waals surface area (Å²) in [5, 5.41) is 7.83. The Labute approximate surface area is 114 Å². The van der Waals surface area contributed by atoms with Crippen LogP contribution in [0, 0.1) is 6.92 Å². The van der Waals surface area contributed by atoms with Crippen LogP contribution < -0.4 is 5.32 Å². The van der Waals surface area contributed by atoms with Gasteiger partial charge in [-0.2, -0.15) is 5.10 Å².